The molecule has 0 heterocycles. The van der Waals surface area contributed by atoms with Gasteiger partial charge in [0.05, 0.1) is 4.90 Å². The van der Waals surface area contributed by atoms with Crippen LogP contribution in [0.4, 0.5) is 0 Å². The lowest BCUT2D eigenvalue weighted by Crippen LogP contribution is -2.36. The third kappa shape index (κ3) is 3.25. The van der Waals surface area contributed by atoms with Crippen molar-refractivity contribution in [3.05, 3.63) is 28.8 Å². The van der Waals surface area contributed by atoms with E-state index < -0.39 is 10.0 Å². The molecule has 1 aromatic carbocycles. The summed E-state index contributed by atoms with van der Waals surface area (Å²) in [5.74, 6) is 0. The molecule has 1 fully saturated rings. The van der Waals surface area contributed by atoms with Crippen molar-refractivity contribution in [3.8, 4) is 0 Å². The summed E-state index contributed by atoms with van der Waals surface area (Å²) in [6.45, 7) is 1.81. The molecule has 0 bridgehead atoms. The van der Waals surface area contributed by atoms with Crippen LogP contribution in [-0.4, -0.2) is 14.5 Å². The van der Waals surface area contributed by atoms with Crippen LogP contribution in [0.15, 0.2) is 23.1 Å². The van der Waals surface area contributed by atoms with Crippen LogP contribution in [0.1, 0.15) is 37.7 Å². The topological polar surface area (TPSA) is 46.2 Å². The number of aryl methyl sites for hydroxylation is 1. The molecule has 0 saturated heterocycles. The minimum atomic E-state index is -3.41. The summed E-state index contributed by atoms with van der Waals surface area (Å²) in [4.78, 5) is 0.301. The van der Waals surface area contributed by atoms with Crippen LogP contribution >= 0.6 is 11.6 Å². The largest absolute Gasteiger partial charge is 0.240 e. The normalized spacial score (nSPS) is 17.9. The van der Waals surface area contributed by atoms with Crippen LogP contribution < -0.4 is 4.72 Å². The molecule has 18 heavy (non-hydrogen) atoms. The van der Waals surface area contributed by atoms with Gasteiger partial charge in [-0.25, -0.2) is 13.1 Å². The highest BCUT2D eigenvalue weighted by Gasteiger charge is 2.21. The molecular weight excluding hydrogens is 270 g/mol. The molecule has 3 nitrogen and oxygen atoms in total. The van der Waals surface area contributed by atoms with Gasteiger partial charge in [0.15, 0.2) is 0 Å². The fourth-order valence-electron chi connectivity index (χ4n) is 2.29. The van der Waals surface area contributed by atoms with Crippen molar-refractivity contribution in [1.82, 2.24) is 4.72 Å². The molecule has 5 heteroatoms. The van der Waals surface area contributed by atoms with Crippen molar-refractivity contribution < 1.29 is 8.42 Å². The van der Waals surface area contributed by atoms with Gasteiger partial charge >= 0.3 is 0 Å². The van der Waals surface area contributed by atoms with Gasteiger partial charge in [0.25, 0.3) is 0 Å². The second kappa shape index (κ2) is 5.59. The molecule has 0 amide bonds. The molecule has 1 aliphatic rings. The zero-order chi connectivity index (χ0) is 13.2. The van der Waals surface area contributed by atoms with Crippen molar-refractivity contribution in [1.29, 1.82) is 0 Å². The maximum absolute atomic E-state index is 12.2. The van der Waals surface area contributed by atoms with E-state index in [1.165, 1.54) is 6.42 Å². The Labute approximate surface area is 114 Å². The van der Waals surface area contributed by atoms with Crippen LogP contribution in [0, 0.1) is 6.92 Å². The van der Waals surface area contributed by atoms with E-state index in [2.05, 4.69) is 4.72 Å². The molecule has 1 aromatic rings. The Morgan fingerprint density at radius 1 is 1.22 bits per heavy atom. The molecule has 0 spiro atoms. The van der Waals surface area contributed by atoms with Crippen molar-refractivity contribution in [3.63, 3.8) is 0 Å². The Morgan fingerprint density at radius 3 is 2.50 bits per heavy atom. The monoisotopic (exact) mass is 287 g/mol. The van der Waals surface area contributed by atoms with E-state index in [0.29, 0.717) is 9.92 Å². The van der Waals surface area contributed by atoms with E-state index >= 15 is 0 Å². The first-order valence-electron chi connectivity index (χ1n) is 6.27. The highest BCUT2D eigenvalue weighted by atomic mass is 35.5. The molecule has 100 valence electrons. The van der Waals surface area contributed by atoms with Crippen molar-refractivity contribution in [2.75, 3.05) is 0 Å². The van der Waals surface area contributed by atoms with Crippen molar-refractivity contribution in [2.24, 2.45) is 0 Å². The lowest BCUT2D eigenvalue weighted by Gasteiger charge is -2.22. The molecule has 0 atom stereocenters. The number of halogens is 1. The molecule has 1 saturated carbocycles. The highest BCUT2D eigenvalue weighted by Crippen LogP contribution is 2.22. The van der Waals surface area contributed by atoms with Crippen LogP contribution in [0.3, 0.4) is 0 Å². The quantitative estimate of drug-likeness (QED) is 0.927. The zero-order valence-electron chi connectivity index (χ0n) is 10.4. The summed E-state index contributed by atoms with van der Waals surface area (Å²) in [6, 6.07) is 4.89. The predicted octanol–water partition coefficient (Wildman–Crippen LogP) is 3.26. The number of hydrogen-bond acceptors (Lipinski definition) is 2. The molecule has 0 aliphatic heterocycles. The summed E-state index contributed by atoms with van der Waals surface area (Å²) < 4.78 is 27.2. The number of nitrogens with one attached hydrogen (secondary N) is 1. The van der Waals surface area contributed by atoms with Gasteiger partial charge in [-0.2, -0.15) is 0 Å². The van der Waals surface area contributed by atoms with Crippen LogP contribution in [0.25, 0.3) is 0 Å². The molecule has 2 rings (SSSR count). The summed E-state index contributed by atoms with van der Waals surface area (Å²) in [5, 5.41) is 0.589. The molecule has 0 radical (unpaired) electrons. The van der Waals surface area contributed by atoms with E-state index in [1.807, 2.05) is 6.92 Å². The number of sulfonamides is 1. The highest BCUT2D eigenvalue weighted by molar-refractivity contribution is 7.89. The van der Waals surface area contributed by atoms with E-state index in [4.69, 9.17) is 11.6 Å². The van der Waals surface area contributed by atoms with Gasteiger partial charge < -0.3 is 0 Å². The summed E-state index contributed by atoms with van der Waals surface area (Å²) in [7, 11) is -3.41. The zero-order valence-corrected chi connectivity index (χ0v) is 12.0. The van der Waals surface area contributed by atoms with Gasteiger partial charge in [-0.3, -0.25) is 0 Å². The Balaban J connectivity index is 2.16. The third-order valence-corrected chi connectivity index (χ3v) is 5.31. The van der Waals surface area contributed by atoms with Crippen LogP contribution in [-0.2, 0) is 10.0 Å². The van der Waals surface area contributed by atoms with E-state index in [-0.39, 0.29) is 6.04 Å². The second-order valence-electron chi connectivity index (χ2n) is 4.87. The van der Waals surface area contributed by atoms with Gasteiger partial charge in [-0.05, 0) is 43.5 Å². The minimum Gasteiger partial charge on any atom is -0.208 e. The molecule has 1 aliphatic carbocycles. The molecule has 0 unspecified atom stereocenters. The molecule has 0 aromatic heterocycles. The number of rotatable bonds is 3. The summed E-state index contributed by atoms with van der Waals surface area (Å²) in [5.41, 5.74) is 0.781. The first kappa shape index (κ1) is 13.8. The Bertz CT molecular complexity index is 522. The van der Waals surface area contributed by atoms with E-state index in [9.17, 15) is 8.42 Å². The Kier molecular flexibility index (Phi) is 4.30. The first-order valence-corrected chi connectivity index (χ1v) is 8.13. The fraction of sp³-hybridized carbons (Fsp3) is 0.538. The number of benzene rings is 1. The smallest absolute Gasteiger partial charge is 0.208 e. The maximum atomic E-state index is 12.2. The number of hydrogen-bond donors (Lipinski definition) is 1. The van der Waals surface area contributed by atoms with Crippen LogP contribution in [0.2, 0.25) is 5.02 Å². The SMILES string of the molecule is Cc1cc(S(=O)(=O)NC2CCCCC2)ccc1Cl. The first-order chi connectivity index (χ1) is 8.49. The van der Waals surface area contributed by atoms with Gasteiger partial charge in [0.2, 0.25) is 10.0 Å². The minimum absolute atomic E-state index is 0.0831. The van der Waals surface area contributed by atoms with Gasteiger partial charge in [-0.1, -0.05) is 30.9 Å². The molecule has 1 N–H and O–H groups in total. The van der Waals surface area contributed by atoms with Gasteiger partial charge in [0.1, 0.15) is 0 Å². The van der Waals surface area contributed by atoms with Crippen molar-refractivity contribution >= 4 is 21.6 Å². The Hall–Kier alpha value is -0.580. The maximum Gasteiger partial charge on any atom is 0.240 e. The fourth-order valence-corrected chi connectivity index (χ4v) is 3.80. The standard InChI is InChI=1S/C13H18ClNO2S/c1-10-9-12(7-8-13(10)14)18(16,17)15-11-5-3-2-4-6-11/h7-9,11,15H,2-6H2,1H3. The lowest BCUT2D eigenvalue weighted by molar-refractivity contribution is 0.412. The predicted molar refractivity (Wildman–Crippen MR) is 73.4 cm³/mol. The summed E-state index contributed by atoms with van der Waals surface area (Å²) in [6.07, 6.45) is 5.29. The average Bonchev–Trinajstić information content (AvgIpc) is 2.33. The van der Waals surface area contributed by atoms with Crippen LogP contribution in [0.5, 0.6) is 0 Å². The van der Waals surface area contributed by atoms with Gasteiger partial charge in [-0.15, -0.1) is 0 Å². The third-order valence-electron chi connectivity index (χ3n) is 3.37. The molecular formula is C13H18ClNO2S. The lowest BCUT2D eigenvalue weighted by atomic mass is 9.96. The van der Waals surface area contributed by atoms with E-state index in [0.717, 1.165) is 31.2 Å². The average molecular weight is 288 g/mol. The van der Waals surface area contributed by atoms with Gasteiger partial charge in [0, 0.05) is 11.1 Å². The van der Waals surface area contributed by atoms with E-state index in [1.54, 1.807) is 18.2 Å². The Morgan fingerprint density at radius 2 is 1.89 bits per heavy atom. The summed E-state index contributed by atoms with van der Waals surface area (Å²) >= 11 is 5.91. The van der Waals surface area contributed by atoms with Crippen molar-refractivity contribution in [2.45, 2.75) is 50.0 Å². The second-order valence-corrected chi connectivity index (χ2v) is 6.99.